The molecule has 0 radical (unpaired) electrons. The topological polar surface area (TPSA) is 29.1 Å². The largest absolute Gasteiger partial charge is 0.349 e. The first kappa shape index (κ1) is 16.5. The van der Waals surface area contributed by atoms with E-state index in [1.165, 1.54) is 32.1 Å². The van der Waals surface area contributed by atoms with Gasteiger partial charge in [-0.1, -0.05) is 70.9 Å². The maximum atomic E-state index is 12.4. The summed E-state index contributed by atoms with van der Waals surface area (Å²) in [6, 6.07) is 0. The van der Waals surface area contributed by atoms with Crippen LogP contribution in [-0.4, -0.2) is 22.1 Å². The normalized spacial score (nSPS) is 19.1. The van der Waals surface area contributed by atoms with Gasteiger partial charge in [-0.15, -0.1) is 0 Å². The van der Waals surface area contributed by atoms with Gasteiger partial charge in [0.2, 0.25) is 5.91 Å². The molecule has 1 fully saturated rings. The van der Waals surface area contributed by atoms with Gasteiger partial charge in [0.15, 0.2) is 0 Å². The Morgan fingerprint density at radius 1 is 1.11 bits per heavy atom. The van der Waals surface area contributed by atoms with E-state index in [4.69, 9.17) is 0 Å². The van der Waals surface area contributed by atoms with Gasteiger partial charge in [-0.05, 0) is 19.3 Å². The molecule has 1 aliphatic carbocycles. The fourth-order valence-corrected chi connectivity index (χ4v) is 4.46. The Labute approximate surface area is 128 Å². The number of carbonyl (C=O) groups excluding carboxylic acids is 1. The van der Waals surface area contributed by atoms with Crippen molar-refractivity contribution < 1.29 is 4.79 Å². The molecule has 1 N–H and O–H groups in total. The maximum absolute atomic E-state index is 12.4. The van der Waals surface area contributed by atoms with E-state index < -0.39 is 0 Å². The van der Waals surface area contributed by atoms with Crippen molar-refractivity contribution in [3.8, 4) is 0 Å². The average molecular weight is 383 g/mol. The van der Waals surface area contributed by atoms with Crippen molar-refractivity contribution in [3.63, 3.8) is 0 Å². The molecule has 0 aromatic heterocycles. The quantitative estimate of drug-likeness (QED) is 0.701. The number of nitrogens with one attached hydrogen (secondary N) is 1. The van der Waals surface area contributed by atoms with E-state index in [1.54, 1.807) is 0 Å². The van der Waals surface area contributed by atoms with E-state index in [9.17, 15) is 4.79 Å². The molecule has 0 aromatic rings. The van der Waals surface area contributed by atoms with Gasteiger partial charge in [0, 0.05) is 16.6 Å². The Morgan fingerprint density at radius 3 is 2.06 bits per heavy atom. The molecule has 0 heterocycles. The lowest BCUT2D eigenvalue weighted by molar-refractivity contribution is -0.127. The van der Waals surface area contributed by atoms with Crippen molar-refractivity contribution in [2.45, 2.75) is 63.8 Å². The van der Waals surface area contributed by atoms with Crippen LogP contribution >= 0.6 is 31.9 Å². The van der Waals surface area contributed by atoms with Gasteiger partial charge in [0.05, 0.1) is 5.54 Å². The summed E-state index contributed by atoms with van der Waals surface area (Å²) in [6.07, 6.45) is 9.42. The van der Waals surface area contributed by atoms with E-state index in [2.05, 4.69) is 44.1 Å². The van der Waals surface area contributed by atoms with E-state index in [0.29, 0.717) is 0 Å². The van der Waals surface area contributed by atoms with Crippen LogP contribution in [0.1, 0.15) is 58.3 Å². The lowest BCUT2D eigenvalue weighted by atomic mass is 9.89. The van der Waals surface area contributed by atoms with Crippen LogP contribution in [0.5, 0.6) is 0 Å². The van der Waals surface area contributed by atoms with Crippen molar-refractivity contribution in [1.29, 1.82) is 0 Å². The zero-order valence-corrected chi connectivity index (χ0v) is 14.5. The molecule has 0 spiro atoms. The number of alkyl halides is 2. The highest BCUT2D eigenvalue weighted by Crippen LogP contribution is 2.24. The van der Waals surface area contributed by atoms with Crippen LogP contribution in [0.25, 0.3) is 0 Å². The molecular weight excluding hydrogens is 358 g/mol. The summed E-state index contributed by atoms with van der Waals surface area (Å²) >= 11 is 7.06. The Bertz CT molecular complexity index is 238. The highest BCUT2D eigenvalue weighted by atomic mass is 79.9. The average Bonchev–Trinajstić information content (AvgIpc) is 2.35. The molecule has 1 rings (SSSR count). The van der Waals surface area contributed by atoms with Crippen molar-refractivity contribution in [3.05, 3.63) is 0 Å². The third kappa shape index (κ3) is 4.84. The van der Waals surface area contributed by atoms with Gasteiger partial charge >= 0.3 is 0 Å². The predicted molar refractivity (Wildman–Crippen MR) is 84.6 cm³/mol. The van der Waals surface area contributed by atoms with Crippen LogP contribution in [-0.2, 0) is 4.79 Å². The summed E-state index contributed by atoms with van der Waals surface area (Å²) in [4.78, 5) is 12.4. The molecule has 2 nitrogen and oxygen atoms in total. The van der Waals surface area contributed by atoms with Crippen molar-refractivity contribution in [1.82, 2.24) is 5.32 Å². The second-order valence-corrected chi connectivity index (χ2v) is 6.55. The second kappa shape index (κ2) is 8.57. The number of hydrogen-bond donors (Lipinski definition) is 1. The van der Waals surface area contributed by atoms with Crippen LogP contribution in [0, 0.1) is 5.92 Å². The lowest BCUT2D eigenvalue weighted by Gasteiger charge is -2.32. The summed E-state index contributed by atoms with van der Waals surface area (Å²) in [6.45, 7) is 2.13. The Balaban J connectivity index is 2.56. The third-order valence-corrected chi connectivity index (χ3v) is 6.20. The monoisotopic (exact) mass is 381 g/mol. The van der Waals surface area contributed by atoms with E-state index in [1.807, 2.05) is 0 Å². The van der Waals surface area contributed by atoms with Gasteiger partial charge in [-0.25, -0.2) is 0 Å². The predicted octanol–water partition coefficient (Wildman–Crippen LogP) is 4.40. The lowest BCUT2D eigenvalue weighted by Crippen LogP contribution is -2.53. The molecular formula is C14H25Br2NO. The minimum absolute atomic E-state index is 0.126. The first-order valence-electron chi connectivity index (χ1n) is 7.11. The van der Waals surface area contributed by atoms with Gasteiger partial charge in [0.1, 0.15) is 0 Å². The van der Waals surface area contributed by atoms with E-state index in [-0.39, 0.29) is 17.4 Å². The van der Waals surface area contributed by atoms with E-state index >= 15 is 0 Å². The van der Waals surface area contributed by atoms with Crippen LogP contribution < -0.4 is 5.32 Å². The smallest absolute Gasteiger partial charge is 0.223 e. The number of rotatable bonds is 5. The molecule has 0 unspecified atom stereocenters. The summed E-state index contributed by atoms with van der Waals surface area (Å²) in [5, 5.41) is 4.88. The van der Waals surface area contributed by atoms with Gasteiger partial charge in [-0.3, -0.25) is 4.79 Å². The van der Waals surface area contributed by atoms with Crippen LogP contribution in [0.4, 0.5) is 0 Å². The summed E-state index contributed by atoms with van der Waals surface area (Å²) in [5.41, 5.74) is -0.126. The minimum atomic E-state index is -0.126. The zero-order chi connectivity index (χ0) is 13.4. The molecule has 0 atom stereocenters. The Hall–Kier alpha value is 0.430. The molecule has 1 aliphatic rings. The standard InChI is InChI=1S/C14H25Br2NO/c1-2-14(10-15,11-16)17-13(18)12-8-6-4-3-5-7-9-12/h12H,2-11H2,1H3,(H,17,18). The molecule has 1 saturated carbocycles. The SMILES string of the molecule is CCC(CBr)(CBr)NC(=O)C1CCCCCCC1. The van der Waals surface area contributed by atoms with Gasteiger partial charge in [0.25, 0.3) is 0 Å². The first-order valence-corrected chi connectivity index (χ1v) is 9.35. The molecule has 0 aliphatic heterocycles. The van der Waals surface area contributed by atoms with Crippen molar-refractivity contribution in [2.75, 3.05) is 10.7 Å². The maximum Gasteiger partial charge on any atom is 0.223 e. The van der Waals surface area contributed by atoms with Crippen LogP contribution in [0.2, 0.25) is 0 Å². The van der Waals surface area contributed by atoms with Crippen molar-refractivity contribution >= 4 is 37.8 Å². The minimum Gasteiger partial charge on any atom is -0.349 e. The summed E-state index contributed by atoms with van der Waals surface area (Å²) < 4.78 is 0. The van der Waals surface area contributed by atoms with Gasteiger partial charge < -0.3 is 5.32 Å². The first-order chi connectivity index (χ1) is 8.67. The molecule has 0 aromatic carbocycles. The van der Waals surface area contributed by atoms with Crippen molar-refractivity contribution in [2.24, 2.45) is 5.92 Å². The Morgan fingerprint density at radius 2 is 1.61 bits per heavy atom. The number of halogens is 2. The Kier molecular flexibility index (Phi) is 7.85. The second-order valence-electron chi connectivity index (χ2n) is 5.43. The van der Waals surface area contributed by atoms with Crippen LogP contribution in [0.3, 0.4) is 0 Å². The number of hydrogen-bond acceptors (Lipinski definition) is 1. The highest BCUT2D eigenvalue weighted by Gasteiger charge is 2.30. The molecule has 0 saturated heterocycles. The molecule has 4 heteroatoms. The summed E-state index contributed by atoms with van der Waals surface area (Å²) in [5.74, 6) is 0.493. The summed E-state index contributed by atoms with van der Waals surface area (Å²) in [7, 11) is 0. The third-order valence-electron chi connectivity index (χ3n) is 4.05. The van der Waals surface area contributed by atoms with Gasteiger partial charge in [-0.2, -0.15) is 0 Å². The van der Waals surface area contributed by atoms with Crippen LogP contribution in [0.15, 0.2) is 0 Å². The number of amides is 1. The number of carbonyl (C=O) groups is 1. The molecule has 1 amide bonds. The highest BCUT2D eigenvalue weighted by molar-refractivity contribution is 9.09. The fraction of sp³-hybridized carbons (Fsp3) is 0.929. The molecule has 0 bridgehead atoms. The zero-order valence-electron chi connectivity index (χ0n) is 11.3. The van der Waals surface area contributed by atoms with E-state index in [0.717, 1.165) is 29.9 Å². The molecule has 106 valence electrons. The molecule has 18 heavy (non-hydrogen) atoms. The fourth-order valence-electron chi connectivity index (χ4n) is 2.46.